The second-order valence-electron chi connectivity index (χ2n) is 3.84. The summed E-state index contributed by atoms with van der Waals surface area (Å²) in [6, 6.07) is 0. The summed E-state index contributed by atoms with van der Waals surface area (Å²) in [4.78, 5) is 0. The summed E-state index contributed by atoms with van der Waals surface area (Å²) < 4.78 is 5.58. The zero-order valence-electron chi connectivity index (χ0n) is 6.02. The molecular weight excluding hydrogens is 112 g/mol. The Labute approximate surface area is 56.4 Å². The largest absolute Gasteiger partial charge is 0.378 e. The van der Waals surface area contributed by atoms with Crippen molar-refractivity contribution in [3.63, 3.8) is 0 Å². The summed E-state index contributed by atoms with van der Waals surface area (Å²) in [7, 11) is 0. The van der Waals surface area contributed by atoms with Gasteiger partial charge in [-0.3, -0.25) is 0 Å². The van der Waals surface area contributed by atoms with Crippen LogP contribution in [0.4, 0.5) is 0 Å². The highest BCUT2D eigenvalue weighted by molar-refractivity contribution is 4.88. The van der Waals surface area contributed by atoms with Gasteiger partial charge in [0.15, 0.2) is 0 Å². The van der Waals surface area contributed by atoms with E-state index in [9.17, 15) is 0 Å². The second kappa shape index (κ2) is 1.72. The van der Waals surface area contributed by atoms with Crippen LogP contribution in [0.15, 0.2) is 0 Å². The molecule has 2 unspecified atom stereocenters. The van der Waals surface area contributed by atoms with Crippen LogP contribution in [0.5, 0.6) is 0 Å². The molecule has 0 aromatic carbocycles. The van der Waals surface area contributed by atoms with Crippen LogP contribution in [-0.2, 0) is 4.74 Å². The minimum Gasteiger partial charge on any atom is -0.378 e. The standard InChI is InChI=1S/C8H14O/c1-8-4-2-3-7(5-8)9-6-8/h7H,2-6H2,1H3. The summed E-state index contributed by atoms with van der Waals surface area (Å²) in [6.07, 6.45) is 6.05. The lowest BCUT2D eigenvalue weighted by Gasteiger charge is -2.25. The maximum atomic E-state index is 5.58. The Hall–Kier alpha value is -0.0400. The van der Waals surface area contributed by atoms with E-state index in [0.29, 0.717) is 11.5 Å². The Morgan fingerprint density at radius 3 is 3.11 bits per heavy atom. The molecule has 1 saturated heterocycles. The van der Waals surface area contributed by atoms with Gasteiger partial charge in [-0.25, -0.2) is 0 Å². The first-order chi connectivity index (χ1) is 4.29. The van der Waals surface area contributed by atoms with Crippen LogP contribution in [0, 0.1) is 5.41 Å². The summed E-state index contributed by atoms with van der Waals surface area (Å²) >= 11 is 0. The Bertz CT molecular complexity index is 118. The third-order valence-corrected chi connectivity index (χ3v) is 2.69. The summed E-state index contributed by atoms with van der Waals surface area (Å²) in [5, 5.41) is 0. The Morgan fingerprint density at radius 2 is 2.44 bits per heavy atom. The molecule has 0 aromatic heterocycles. The number of hydrogen-bond donors (Lipinski definition) is 0. The Balaban J connectivity index is 2.13. The predicted octanol–water partition coefficient (Wildman–Crippen LogP) is 1.97. The molecule has 2 aliphatic rings. The molecule has 1 heteroatoms. The fourth-order valence-electron chi connectivity index (χ4n) is 2.10. The average Bonchev–Trinajstić information content (AvgIpc) is 2.07. The van der Waals surface area contributed by atoms with Crippen LogP contribution < -0.4 is 0 Å². The maximum absolute atomic E-state index is 5.58. The molecule has 0 radical (unpaired) electrons. The van der Waals surface area contributed by atoms with Gasteiger partial charge in [0.2, 0.25) is 0 Å². The van der Waals surface area contributed by atoms with Crippen LogP contribution in [-0.4, -0.2) is 12.7 Å². The summed E-state index contributed by atoms with van der Waals surface area (Å²) in [5.41, 5.74) is 0.572. The lowest BCUT2D eigenvalue weighted by molar-refractivity contribution is 0.104. The van der Waals surface area contributed by atoms with Gasteiger partial charge in [-0.05, 0) is 24.7 Å². The van der Waals surface area contributed by atoms with E-state index in [2.05, 4.69) is 6.92 Å². The van der Waals surface area contributed by atoms with Crippen molar-refractivity contribution in [2.75, 3.05) is 6.61 Å². The lowest BCUT2D eigenvalue weighted by Crippen LogP contribution is -2.20. The van der Waals surface area contributed by atoms with E-state index in [1.807, 2.05) is 0 Å². The van der Waals surface area contributed by atoms with Crippen molar-refractivity contribution < 1.29 is 4.74 Å². The van der Waals surface area contributed by atoms with E-state index in [4.69, 9.17) is 4.74 Å². The monoisotopic (exact) mass is 126 g/mol. The van der Waals surface area contributed by atoms with Gasteiger partial charge in [-0.15, -0.1) is 0 Å². The van der Waals surface area contributed by atoms with E-state index in [1.54, 1.807) is 0 Å². The zero-order chi connectivity index (χ0) is 6.32. The van der Waals surface area contributed by atoms with Gasteiger partial charge in [0.25, 0.3) is 0 Å². The first kappa shape index (κ1) is 5.72. The molecule has 1 aliphatic heterocycles. The van der Waals surface area contributed by atoms with Crippen molar-refractivity contribution in [1.82, 2.24) is 0 Å². The van der Waals surface area contributed by atoms with Crippen molar-refractivity contribution in [2.24, 2.45) is 5.41 Å². The van der Waals surface area contributed by atoms with Gasteiger partial charge < -0.3 is 4.74 Å². The van der Waals surface area contributed by atoms with Gasteiger partial charge >= 0.3 is 0 Å². The van der Waals surface area contributed by atoms with Crippen molar-refractivity contribution >= 4 is 0 Å². The fourth-order valence-corrected chi connectivity index (χ4v) is 2.10. The number of rotatable bonds is 0. The summed E-state index contributed by atoms with van der Waals surface area (Å²) in [5.74, 6) is 0. The predicted molar refractivity (Wildman–Crippen MR) is 36.3 cm³/mol. The lowest BCUT2D eigenvalue weighted by atomic mass is 9.78. The van der Waals surface area contributed by atoms with Crippen LogP contribution >= 0.6 is 0 Å². The molecule has 0 aromatic rings. The Kier molecular flexibility index (Phi) is 1.10. The molecule has 52 valence electrons. The molecule has 9 heavy (non-hydrogen) atoms. The zero-order valence-corrected chi connectivity index (χ0v) is 6.02. The van der Waals surface area contributed by atoms with Gasteiger partial charge in [0.05, 0.1) is 12.7 Å². The molecule has 2 rings (SSSR count). The number of fused-ring (bicyclic) bond motifs is 2. The SMILES string of the molecule is CC12CCCC(C1)OC2. The van der Waals surface area contributed by atoms with Crippen LogP contribution in [0.1, 0.15) is 32.6 Å². The molecular formula is C8H14O. The molecule has 0 amide bonds. The van der Waals surface area contributed by atoms with Crippen LogP contribution in [0.3, 0.4) is 0 Å². The highest BCUT2D eigenvalue weighted by Gasteiger charge is 2.38. The van der Waals surface area contributed by atoms with Gasteiger partial charge in [-0.1, -0.05) is 13.3 Å². The first-order valence-corrected chi connectivity index (χ1v) is 3.90. The van der Waals surface area contributed by atoms with E-state index in [1.165, 1.54) is 25.7 Å². The minimum absolute atomic E-state index is 0.572. The molecule has 1 aliphatic carbocycles. The molecule has 1 nitrogen and oxygen atoms in total. The molecule has 2 fully saturated rings. The maximum Gasteiger partial charge on any atom is 0.0581 e. The normalized spacial score (nSPS) is 49.7. The quantitative estimate of drug-likeness (QED) is 0.482. The molecule has 0 spiro atoms. The molecule has 1 saturated carbocycles. The third kappa shape index (κ3) is 0.877. The smallest absolute Gasteiger partial charge is 0.0581 e. The second-order valence-corrected chi connectivity index (χ2v) is 3.84. The Morgan fingerprint density at radius 1 is 1.56 bits per heavy atom. The van der Waals surface area contributed by atoms with Crippen molar-refractivity contribution in [3.05, 3.63) is 0 Å². The minimum atomic E-state index is 0.572. The van der Waals surface area contributed by atoms with E-state index >= 15 is 0 Å². The average molecular weight is 126 g/mol. The third-order valence-electron chi connectivity index (χ3n) is 2.69. The molecule has 0 N–H and O–H groups in total. The van der Waals surface area contributed by atoms with Gasteiger partial charge in [-0.2, -0.15) is 0 Å². The first-order valence-electron chi connectivity index (χ1n) is 3.90. The highest BCUT2D eigenvalue weighted by Crippen LogP contribution is 2.42. The molecule has 2 atom stereocenters. The number of hydrogen-bond acceptors (Lipinski definition) is 1. The van der Waals surface area contributed by atoms with E-state index in [-0.39, 0.29) is 0 Å². The van der Waals surface area contributed by atoms with Crippen LogP contribution in [0.25, 0.3) is 0 Å². The van der Waals surface area contributed by atoms with Crippen molar-refractivity contribution in [3.8, 4) is 0 Å². The van der Waals surface area contributed by atoms with Crippen molar-refractivity contribution in [1.29, 1.82) is 0 Å². The topological polar surface area (TPSA) is 9.23 Å². The summed E-state index contributed by atoms with van der Waals surface area (Å²) in [6.45, 7) is 3.38. The number of ether oxygens (including phenoxy) is 1. The van der Waals surface area contributed by atoms with Gasteiger partial charge in [0, 0.05) is 0 Å². The fraction of sp³-hybridized carbons (Fsp3) is 1.00. The highest BCUT2D eigenvalue weighted by atomic mass is 16.5. The van der Waals surface area contributed by atoms with E-state index in [0.717, 1.165) is 6.61 Å². The van der Waals surface area contributed by atoms with Crippen molar-refractivity contribution in [2.45, 2.75) is 38.7 Å². The molecule has 2 bridgehead atoms. The van der Waals surface area contributed by atoms with E-state index < -0.39 is 0 Å². The van der Waals surface area contributed by atoms with Crippen LogP contribution in [0.2, 0.25) is 0 Å². The van der Waals surface area contributed by atoms with Gasteiger partial charge in [0.1, 0.15) is 0 Å². The molecule has 1 heterocycles.